The predicted octanol–water partition coefficient (Wildman–Crippen LogP) is 4.63. The van der Waals surface area contributed by atoms with E-state index in [9.17, 15) is 18.7 Å². The summed E-state index contributed by atoms with van der Waals surface area (Å²) in [6.45, 7) is 1.42. The summed E-state index contributed by atoms with van der Waals surface area (Å²) in [5.41, 5.74) is 4.68. The van der Waals surface area contributed by atoms with Crippen LogP contribution in [0.25, 0.3) is 11.3 Å². The molecule has 0 spiro atoms. The van der Waals surface area contributed by atoms with Gasteiger partial charge in [-0.1, -0.05) is 48.0 Å². The highest BCUT2D eigenvalue weighted by Crippen LogP contribution is 2.36. The molecule has 0 fully saturated rings. The average Bonchev–Trinajstić information content (AvgIpc) is 2.70. The minimum absolute atomic E-state index is 0.0655. The molecule has 0 radical (unpaired) electrons. The molecular weight excluding hydrogens is 390 g/mol. The van der Waals surface area contributed by atoms with Crippen molar-refractivity contribution in [3.8, 4) is 17.0 Å². The van der Waals surface area contributed by atoms with Gasteiger partial charge in [-0.15, -0.1) is 0 Å². The number of halogens is 3. The van der Waals surface area contributed by atoms with Gasteiger partial charge in [0.25, 0.3) is 0 Å². The largest absolute Gasteiger partial charge is 0.505 e. The fraction of sp³-hybridized carbons (Fsp3) is 0.100. The molecule has 1 aromatic heterocycles. The van der Waals surface area contributed by atoms with Crippen molar-refractivity contribution in [3.63, 3.8) is 0 Å². The summed E-state index contributed by atoms with van der Waals surface area (Å²) in [5.74, 6) is -3.79. The minimum Gasteiger partial charge on any atom is -0.505 e. The summed E-state index contributed by atoms with van der Waals surface area (Å²) >= 11 is 5.96. The van der Waals surface area contributed by atoms with Crippen molar-refractivity contribution in [2.24, 2.45) is 0 Å². The number of nitrogens with zero attached hydrogens (tertiary/aromatic N) is 1. The summed E-state index contributed by atoms with van der Waals surface area (Å²) < 4.78 is 34.1. The summed E-state index contributed by atoms with van der Waals surface area (Å²) in [4.78, 5) is 16.2. The van der Waals surface area contributed by atoms with Crippen LogP contribution >= 0.6 is 11.6 Å². The van der Waals surface area contributed by atoms with Gasteiger partial charge in [0.2, 0.25) is 0 Å². The second-order valence-electron chi connectivity index (χ2n) is 6.00. The van der Waals surface area contributed by atoms with Gasteiger partial charge in [-0.2, -0.15) is 0 Å². The van der Waals surface area contributed by atoms with E-state index in [1.165, 1.54) is 19.1 Å². The molecule has 1 heterocycles. The lowest BCUT2D eigenvalue weighted by molar-refractivity contribution is 0.0466. The Morgan fingerprint density at radius 3 is 2.54 bits per heavy atom. The Hall–Kier alpha value is -3.19. The maximum atomic E-state index is 14.6. The minimum atomic E-state index is -1.10. The van der Waals surface area contributed by atoms with Crippen LogP contribution in [0.2, 0.25) is 5.02 Å². The van der Waals surface area contributed by atoms with Crippen LogP contribution in [0.3, 0.4) is 0 Å². The second-order valence-corrected chi connectivity index (χ2v) is 6.38. The number of nitrogen functional groups attached to an aromatic ring is 1. The van der Waals surface area contributed by atoms with Gasteiger partial charge < -0.3 is 15.6 Å². The maximum Gasteiger partial charge on any atom is 0.358 e. The molecule has 3 N–H and O–H groups in total. The Morgan fingerprint density at radius 1 is 1.18 bits per heavy atom. The molecule has 3 aromatic rings. The molecule has 0 aliphatic heterocycles. The number of carbonyl (C=O) groups is 1. The number of carbonyl (C=O) groups excluding carboxylic acids is 1. The third-order valence-corrected chi connectivity index (χ3v) is 4.47. The van der Waals surface area contributed by atoms with Crippen LogP contribution in [-0.2, 0) is 11.3 Å². The number of aromatic nitrogens is 1. The Bertz CT molecular complexity index is 1060. The van der Waals surface area contributed by atoms with E-state index in [1.807, 2.05) is 6.07 Å². The SMILES string of the molecule is Cc1ccc(-c2nc(C(=O)OCc3ccccc3)c(Cl)c(N)c2F)c(F)c1O. The fourth-order valence-corrected chi connectivity index (χ4v) is 2.71. The predicted molar refractivity (Wildman–Crippen MR) is 101 cm³/mol. The molecule has 0 unspecified atom stereocenters. The number of hydrogen-bond acceptors (Lipinski definition) is 5. The Labute approximate surface area is 164 Å². The third kappa shape index (κ3) is 3.61. The number of rotatable bonds is 4. The monoisotopic (exact) mass is 404 g/mol. The summed E-state index contributed by atoms with van der Waals surface area (Å²) in [6.07, 6.45) is 0. The molecule has 144 valence electrons. The number of aromatic hydroxyl groups is 1. The summed E-state index contributed by atoms with van der Waals surface area (Å²) in [6, 6.07) is 11.5. The fourth-order valence-electron chi connectivity index (χ4n) is 2.51. The third-order valence-electron chi connectivity index (χ3n) is 4.09. The van der Waals surface area contributed by atoms with Gasteiger partial charge in [-0.05, 0) is 24.1 Å². The van der Waals surface area contributed by atoms with Crippen molar-refractivity contribution in [1.29, 1.82) is 0 Å². The number of phenolic OH excluding ortho intramolecular Hbond substituents is 1. The Kier molecular flexibility index (Phi) is 5.46. The number of hydrogen-bond donors (Lipinski definition) is 2. The van der Waals surface area contributed by atoms with Crippen molar-refractivity contribution in [1.82, 2.24) is 4.98 Å². The van der Waals surface area contributed by atoms with E-state index in [1.54, 1.807) is 24.3 Å². The molecule has 8 heteroatoms. The van der Waals surface area contributed by atoms with E-state index in [-0.39, 0.29) is 17.7 Å². The smallest absolute Gasteiger partial charge is 0.358 e. The van der Waals surface area contributed by atoms with E-state index in [0.717, 1.165) is 5.56 Å². The van der Waals surface area contributed by atoms with E-state index in [2.05, 4.69) is 4.98 Å². The van der Waals surface area contributed by atoms with Crippen LogP contribution in [0, 0.1) is 18.6 Å². The van der Waals surface area contributed by atoms with Crippen LogP contribution in [0.5, 0.6) is 5.75 Å². The molecule has 5 nitrogen and oxygen atoms in total. The van der Waals surface area contributed by atoms with Gasteiger partial charge in [0, 0.05) is 5.56 Å². The van der Waals surface area contributed by atoms with E-state index in [0.29, 0.717) is 0 Å². The molecule has 0 aliphatic rings. The zero-order valence-corrected chi connectivity index (χ0v) is 15.4. The van der Waals surface area contributed by atoms with E-state index in [4.69, 9.17) is 22.1 Å². The topological polar surface area (TPSA) is 85.4 Å². The van der Waals surface area contributed by atoms with Gasteiger partial charge in [0.1, 0.15) is 12.3 Å². The molecule has 3 rings (SSSR count). The Morgan fingerprint density at radius 2 is 1.86 bits per heavy atom. The van der Waals surface area contributed by atoms with Crippen molar-refractivity contribution in [2.45, 2.75) is 13.5 Å². The lowest BCUT2D eigenvalue weighted by Gasteiger charge is -2.13. The number of phenols is 1. The molecule has 28 heavy (non-hydrogen) atoms. The zero-order valence-electron chi connectivity index (χ0n) is 14.7. The van der Waals surface area contributed by atoms with Crippen molar-refractivity contribution < 1.29 is 23.4 Å². The molecular formula is C20H15ClF2N2O3. The number of aryl methyl sites for hydroxylation is 1. The molecule has 2 aromatic carbocycles. The van der Waals surface area contributed by atoms with Gasteiger partial charge >= 0.3 is 5.97 Å². The zero-order chi connectivity index (χ0) is 20.4. The van der Waals surface area contributed by atoms with Gasteiger partial charge in [0.15, 0.2) is 23.1 Å². The van der Waals surface area contributed by atoms with Crippen LogP contribution in [0.15, 0.2) is 42.5 Å². The Balaban J connectivity index is 2.01. The molecule has 0 saturated heterocycles. The van der Waals surface area contributed by atoms with Crippen molar-refractivity contribution in [3.05, 3.63) is 75.9 Å². The lowest BCUT2D eigenvalue weighted by Crippen LogP contribution is -2.12. The molecule has 0 atom stereocenters. The summed E-state index contributed by atoms with van der Waals surface area (Å²) in [7, 11) is 0. The van der Waals surface area contributed by atoms with Crippen molar-refractivity contribution in [2.75, 3.05) is 5.73 Å². The van der Waals surface area contributed by atoms with Crippen molar-refractivity contribution >= 4 is 23.3 Å². The van der Waals surface area contributed by atoms with E-state index >= 15 is 0 Å². The van der Waals surface area contributed by atoms with Crippen LogP contribution in [0.4, 0.5) is 14.5 Å². The quantitative estimate of drug-likeness (QED) is 0.619. The first-order valence-electron chi connectivity index (χ1n) is 8.15. The first kappa shape index (κ1) is 19.6. The maximum absolute atomic E-state index is 14.6. The molecule has 0 amide bonds. The highest BCUT2D eigenvalue weighted by molar-refractivity contribution is 6.35. The second kappa shape index (κ2) is 7.82. The van der Waals surface area contributed by atoms with Gasteiger partial charge in [-0.25, -0.2) is 18.6 Å². The number of benzene rings is 2. The number of anilines is 1. The molecule has 0 aliphatic carbocycles. The van der Waals surface area contributed by atoms with Crippen LogP contribution < -0.4 is 5.73 Å². The lowest BCUT2D eigenvalue weighted by atomic mass is 10.1. The first-order chi connectivity index (χ1) is 13.3. The van der Waals surface area contributed by atoms with Crippen LogP contribution in [-0.4, -0.2) is 16.1 Å². The highest BCUT2D eigenvalue weighted by atomic mass is 35.5. The standard InChI is InChI=1S/C20H15ClF2N2O3/c1-10-7-8-12(14(22)19(10)26)17-15(23)16(24)13(21)18(25-17)20(27)28-9-11-5-3-2-4-6-11/h2-8,26H,9H2,1H3,(H2,24,25). The van der Waals surface area contributed by atoms with Gasteiger partial charge in [0.05, 0.1) is 10.7 Å². The summed E-state index contributed by atoms with van der Waals surface area (Å²) in [5, 5.41) is 9.34. The number of esters is 1. The average molecular weight is 405 g/mol. The van der Waals surface area contributed by atoms with Gasteiger partial charge in [-0.3, -0.25) is 0 Å². The highest BCUT2D eigenvalue weighted by Gasteiger charge is 2.25. The van der Waals surface area contributed by atoms with E-state index < -0.39 is 45.5 Å². The molecule has 0 saturated carbocycles. The number of ether oxygens (including phenoxy) is 1. The number of nitrogens with two attached hydrogens (primary N) is 1. The normalized spacial score (nSPS) is 10.7. The first-order valence-corrected chi connectivity index (χ1v) is 8.53. The molecule has 0 bridgehead atoms. The number of pyridine rings is 1. The van der Waals surface area contributed by atoms with Crippen LogP contribution in [0.1, 0.15) is 21.6 Å².